The highest BCUT2D eigenvalue weighted by molar-refractivity contribution is 7.99. The number of nitrogens with zero attached hydrogens (tertiary/aromatic N) is 2. The van der Waals surface area contributed by atoms with Gasteiger partial charge in [-0.1, -0.05) is 0 Å². The average molecular weight is 385 g/mol. The summed E-state index contributed by atoms with van der Waals surface area (Å²) in [7, 11) is 3.08. The molecule has 0 atom stereocenters. The Labute approximate surface area is 152 Å². The number of fused-ring (bicyclic) bond motifs is 1. The summed E-state index contributed by atoms with van der Waals surface area (Å²) in [6.07, 6.45) is 0. The largest absolute Gasteiger partial charge is 0.481 e. The molecule has 8 nitrogen and oxygen atoms in total. The smallest absolute Gasteiger partial charge is 0.313 e. The number of thioether (sulfide) groups is 1. The molecule has 2 aromatic heterocycles. The van der Waals surface area contributed by atoms with Crippen LogP contribution >= 0.6 is 23.1 Å². The molecule has 136 valence electrons. The van der Waals surface area contributed by atoms with E-state index in [1.165, 1.54) is 30.2 Å². The summed E-state index contributed by atoms with van der Waals surface area (Å²) < 4.78 is 10.4. The van der Waals surface area contributed by atoms with Crippen LogP contribution in [-0.4, -0.2) is 59.2 Å². The van der Waals surface area contributed by atoms with Crippen molar-refractivity contribution < 1.29 is 24.2 Å². The number of ether oxygens (including phenoxy) is 2. The maximum Gasteiger partial charge on any atom is 0.313 e. The van der Waals surface area contributed by atoms with Gasteiger partial charge in [-0.3, -0.25) is 9.59 Å². The molecule has 25 heavy (non-hydrogen) atoms. The van der Waals surface area contributed by atoms with Crippen molar-refractivity contribution in [3.63, 3.8) is 0 Å². The van der Waals surface area contributed by atoms with Crippen molar-refractivity contribution in [3.05, 3.63) is 16.3 Å². The quantitative estimate of drug-likeness (QED) is 0.628. The van der Waals surface area contributed by atoms with Crippen molar-refractivity contribution >= 4 is 45.2 Å². The van der Waals surface area contributed by atoms with Gasteiger partial charge in [-0.05, 0) is 12.5 Å². The molecule has 0 aromatic carbocycles. The number of thiophene rings is 1. The van der Waals surface area contributed by atoms with E-state index >= 15 is 0 Å². The molecule has 0 aliphatic heterocycles. The van der Waals surface area contributed by atoms with Crippen molar-refractivity contribution in [1.29, 1.82) is 0 Å². The van der Waals surface area contributed by atoms with E-state index in [2.05, 4.69) is 15.3 Å². The van der Waals surface area contributed by atoms with Crippen LogP contribution in [0.5, 0.6) is 5.88 Å². The molecule has 0 bridgehead atoms. The van der Waals surface area contributed by atoms with Crippen LogP contribution in [0.2, 0.25) is 0 Å². The molecular weight excluding hydrogens is 366 g/mol. The first-order valence-electron chi connectivity index (χ1n) is 7.38. The zero-order chi connectivity index (χ0) is 18.4. The van der Waals surface area contributed by atoms with Gasteiger partial charge in [0.15, 0.2) is 5.82 Å². The van der Waals surface area contributed by atoms with Gasteiger partial charge >= 0.3 is 5.97 Å². The lowest BCUT2D eigenvalue weighted by Gasteiger charge is -2.05. The Bertz CT molecular complexity index is 778. The number of nitrogens with one attached hydrogen (secondary N) is 1. The summed E-state index contributed by atoms with van der Waals surface area (Å²) in [6.45, 7) is 2.47. The van der Waals surface area contributed by atoms with Gasteiger partial charge in [-0.2, -0.15) is 4.98 Å². The number of amides is 1. The SMILES string of the molecule is COCc1nc(OC)c2c(C)c(C(=O)NCCSCC(=O)O)sc2n1. The van der Waals surface area contributed by atoms with Crippen molar-refractivity contribution in [1.82, 2.24) is 15.3 Å². The van der Waals surface area contributed by atoms with E-state index < -0.39 is 5.97 Å². The third-order valence-electron chi connectivity index (χ3n) is 3.23. The highest BCUT2D eigenvalue weighted by atomic mass is 32.2. The van der Waals surface area contributed by atoms with Crippen LogP contribution in [0.4, 0.5) is 0 Å². The van der Waals surface area contributed by atoms with E-state index in [1.807, 2.05) is 6.92 Å². The first-order valence-corrected chi connectivity index (χ1v) is 9.35. The maximum atomic E-state index is 12.4. The van der Waals surface area contributed by atoms with Crippen LogP contribution in [0.3, 0.4) is 0 Å². The number of rotatable bonds is 9. The highest BCUT2D eigenvalue weighted by Gasteiger charge is 2.20. The number of aliphatic carboxylic acids is 1. The van der Waals surface area contributed by atoms with Crippen LogP contribution < -0.4 is 10.1 Å². The number of carboxylic acids is 1. The van der Waals surface area contributed by atoms with E-state index in [9.17, 15) is 9.59 Å². The summed E-state index contributed by atoms with van der Waals surface area (Å²) >= 11 is 2.52. The molecule has 2 N–H and O–H groups in total. The fourth-order valence-corrected chi connectivity index (χ4v) is 3.85. The summed E-state index contributed by atoms with van der Waals surface area (Å²) in [4.78, 5) is 32.8. The number of hydrogen-bond acceptors (Lipinski definition) is 8. The first-order chi connectivity index (χ1) is 12.0. The molecule has 0 fully saturated rings. The molecule has 10 heteroatoms. The van der Waals surface area contributed by atoms with Gasteiger partial charge in [0.2, 0.25) is 5.88 Å². The minimum atomic E-state index is -0.866. The van der Waals surface area contributed by atoms with Gasteiger partial charge in [0.1, 0.15) is 11.4 Å². The van der Waals surface area contributed by atoms with E-state index in [0.29, 0.717) is 33.7 Å². The minimum absolute atomic E-state index is 0.0207. The van der Waals surface area contributed by atoms with Crippen LogP contribution in [0.15, 0.2) is 0 Å². The van der Waals surface area contributed by atoms with Crippen molar-refractivity contribution in [2.24, 2.45) is 0 Å². The lowest BCUT2D eigenvalue weighted by Crippen LogP contribution is -2.25. The van der Waals surface area contributed by atoms with Crippen LogP contribution in [0, 0.1) is 6.92 Å². The maximum absolute atomic E-state index is 12.4. The summed E-state index contributed by atoms with van der Waals surface area (Å²) in [6, 6.07) is 0. The zero-order valence-electron chi connectivity index (χ0n) is 14.1. The highest BCUT2D eigenvalue weighted by Crippen LogP contribution is 2.34. The topological polar surface area (TPSA) is 111 Å². The Balaban J connectivity index is 2.16. The minimum Gasteiger partial charge on any atom is -0.481 e. The number of carbonyl (C=O) groups is 2. The van der Waals surface area contributed by atoms with Crippen molar-refractivity contribution in [2.45, 2.75) is 13.5 Å². The molecule has 1 amide bonds. The molecule has 0 spiro atoms. The average Bonchev–Trinajstić information content (AvgIpc) is 2.90. The Kier molecular flexibility index (Phi) is 6.97. The predicted octanol–water partition coefficient (Wildman–Crippen LogP) is 1.70. The summed E-state index contributed by atoms with van der Waals surface area (Å²) in [5.74, 6) is 0.378. The standard InChI is InChI=1S/C15H19N3O5S2/c1-8-11-14(23-3)17-9(6-22-2)18-15(11)25-12(8)13(21)16-4-5-24-7-10(19)20/h4-7H2,1-3H3,(H,16,21)(H,19,20). The van der Waals surface area contributed by atoms with Gasteiger partial charge in [-0.15, -0.1) is 23.1 Å². The molecule has 0 aliphatic carbocycles. The van der Waals surface area contributed by atoms with Crippen LogP contribution in [0.25, 0.3) is 10.2 Å². The van der Waals surface area contributed by atoms with Gasteiger partial charge in [-0.25, -0.2) is 4.98 Å². The van der Waals surface area contributed by atoms with Gasteiger partial charge < -0.3 is 19.9 Å². The molecule has 0 radical (unpaired) electrons. The Morgan fingerprint density at radius 2 is 2.08 bits per heavy atom. The number of carbonyl (C=O) groups excluding carboxylic acids is 1. The second-order valence-electron chi connectivity index (χ2n) is 5.02. The van der Waals surface area contributed by atoms with Crippen LogP contribution in [0.1, 0.15) is 21.1 Å². The molecule has 2 rings (SSSR count). The summed E-state index contributed by atoms with van der Waals surface area (Å²) in [5.41, 5.74) is 0.761. The number of carboxylic acid groups (broad SMARTS) is 1. The van der Waals surface area contributed by atoms with Crippen molar-refractivity contribution in [3.8, 4) is 5.88 Å². The molecule has 2 heterocycles. The molecule has 0 saturated heterocycles. The van der Waals surface area contributed by atoms with Crippen LogP contribution in [-0.2, 0) is 16.1 Å². The predicted molar refractivity (Wildman–Crippen MR) is 96.7 cm³/mol. The van der Waals surface area contributed by atoms with Gasteiger partial charge in [0.25, 0.3) is 5.91 Å². The molecule has 0 aliphatic rings. The Morgan fingerprint density at radius 3 is 2.72 bits per heavy atom. The van der Waals surface area contributed by atoms with E-state index in [1.54, 1.807) is 7.11 Å². The fraction of sp³-hybridized carbons (Fsp3) is 0.467. The first kappa shape index (κ1) is 19.4. The molecular formula is C15H19N3O5S2. The monoisotopic (exact) mass is 385 g/mol. The number of methoxy groups -OCH3 is 2. The lowest BCUT2D eigenvalue weighted by molar-refractivity contribution is -0.133. The van der Waals surface area contributed by atoms with Crippen molar-refractivity contribution in [2.75, 3.05) is 32.3 Å². The lowest BCUT2D eigenvalue weighted by atomic mass is 10.2. The second kappa shape index (κ2) is 8.97. The summed E-state index contributed by atoms with van der Waals surface area (Å²) in [5, 5.41) is 12.1. The third-order valence-corrected chi connectivity index (χ3v) is 5.36. The molecule has 2 aromatic rings. The molecule has 0 saturated carbocycles. The molecule has 0 unspecified atom stereocenters. The number of hydrogen-bond donors (Lipinski definition) is 2. The second-order valence-corrected chi connectivity index (χ2v) is 7.12. The van der Waals surface area contributed by atoms with E-state index in [0.717, 1.165) is 10.9 Å². The van der Waals surface area contributed by atoms with Gasteiger partial charge in [0.05, 0.1) is 23.1 Å². The Hall–Kier alpha value is -1.91. The number of aryl methyl sites for hydroxylation is 1. The zero-order valence-corrected chi connectivity index (χ0v) is 15.8. The normalized spacial score (nSPS) is 10.8. The number of aromatic nitrogens is 2. The third kappa shape index (κ3) is 4.80. The van der Waals surface area contributed by atoms with E-state index in [-0.39, 0.29) is 18.3 Å². The fourth-order valence-electron chi connectivity index (χ4n) is 2.18. The Morgan fingerprint density at radius 1 is 1.32 bits per heavy atom. The van der Waals surface area contributed by atoms with E-state index in [4.69, 9.17) is 14.6 Å². The van der Waals surface area contributed by atoms with Gasteiger partial charge in [0, 0.05) is 19.4 Å².